The molecule has 0 bridgehead atoms. The third kappa shape index (κ3) is 4.39. The monoisotopic (exact) mass is 236 g/mol. The summed E-state index contributed by atoms with van der Waals surface area (Å²) in [6.07, 6.45) is 3.50. The minimum Gasteiger partial charge on any atom is -0.670 e. The minimum absolute atomic E-state index is 0. The molecule has 0 aliphatic rings. The number of hydrogen-bond acceptors (Lipinski definition) is 0. The van der Waals surface area contributed by atoms with Gasteiger partial charge in [-0.2, -0.15) is 12.4 Å². The SMILES string of the molecule is [Ag].[Cu+].c1cc[n-]c1. The number of rotatable bonds is 0. The zero-order valence-corrected chi connectivity index (χ0v) is 5.78. The van der Waals surface area contributed by atoms with E-state index in [1.807, 2.05) is 12.1 Å². The third-order valence-electron chi connectivity index (χ3n) is 0.455. The van der Waals surface area contributed by atoms with E-state index < -0.39 is 0 Å². The Labute approximate surface area is 68.9 Å². The van der Waals surface area contributed by atoms with Gasteiger partial charge in [-0.1, -0.05) is 12.1 Å². The summed E-state index contributed by atoms with van der Waals surface area (Å²) in [4.78, 5) is 3.72. The first-order valence-corrected chi connectivity index (χ1v) is 1.52. The maximum Gasteiger partial charge on any atom is 1.00 e. The van der Waals surface area contributed by atoms with Gasteiger partial charge in [0.05, 0.1) is 0 Å². The Morgan fingerprint density at radius 2 is 1.43 bits per heavy atom. The van der Waals surface area contributed by atoms with E-state index in [4.69, 9.17) is 0 Å². The van der Waals surface area contributed by atoms with Gasteiger partial charge in [-0.3, -0.25) is 0 Å². The Balaban J connectivity index is 0. The molecule has 7 heavy (non-hydrogen) atoms. The van der Waals surface area contributed by atoms with Gasteiger partial charge in [0.1, 0.15) is 0 Å². The van der Waals surface area contributed by atoms with Crippen molar-refractivity contribution >= 4 is 0 Å². The van der Waals surface area contributed by atoms with Gasteiger partial charge < -0.3 is 4.98 Å². The molecule has 0 amide bonds. The maximum absolute atomic E-state index is 3.72. The zero-order chi connectivity index (χ0) is 3.54. The maximum atomic E-state index is 3.72. The standard InChI is InChI=1S/C4H4N.Ag.Cu/c1-2-4-5-3-1;;/h1-4H;;/q-1;;+1. The van der Waals surface area contributed by atoms with Crippen LogP contribution in [-0.2, 0) is 39.4 Å². The van der Waals surface area contributed by atoms with Gasteiger partial charge >= 0.3 is 17.1 Å². The fourth-order valence-electron chi connectivity index (χ4n) is 0.248. The van der Waals surface area contributed by atoms with Crippen LogP contribution in [0.25, 0.3) is 0 Å². The molecule has 0 saturated heterocycles. The molecule has 3 heteroatoms. The molecule has 1 aromatic heterocycles. The number of hydrogen-bond donors (Lipinski definition) is 0. The van der Waals surface area contributed by atoms with Crippen molar-refractivity contribution in [2.75, 3.05) is 0 Å². The molecule has 47 valence electrons. The minimum atomic E-state index is 0. The van der Waals surface area contributed by atoms with E-state index in [0.717, 1.165) is 0 Å². The molecule has 0 spiro atoms. The summed E-state index contributed by atoms with van der Waals surface area (Å²) in [7, 11) is 0. The van der Waals surface area contributed by atoms with Gasteiger partial charge in [-0.25, -0.2) is 0 Å². The normalized spacial score (nSPS) is 5.71. The largest absolute Gasteiger partial charge is 1.00 e. The van der Waals surface area contributed by atoms with Gasteiger partial charge in [0.15, 0.2) is 0 Å². The Morgan fingerprint density at radius 3 is 1.57 bits per heavy atom. The van der Waals surface area contributed by atoms with Crippen molar-refractivity contribution < 1.29 is 39.4 Å². The van der Waals surface area contributed by atoms with E-state index in [1.54, 1.807) is 12.4 Å². The van der Waals surface area contributed by atoms with E-state index in [9.17, 15) is 0 Å². The van der Waals surface area contributed by atoms with Gasteiger partial charge in [0.2, 0.25) is 0 Å². The first-order chi connectivity index (χ1) is 2.50. The first kappa shape index (κ1) is 10.5. The number of nitrogens with zero attached hydrogens (tertiary/aromatic N) is 1. The quantitative estimate of drug-likeness (QED) is 0.604. The Morgan fingerprint density at radius 1 is 1.00 bits per heavy atom. The van der Waals surface area contributed by atoms with Crippen LogP contribution in [0.4, 0.5) is 0 Å². The van der Waals surface area contributed by atoms with Crippen molar-refractivity contribution in [2.45, 2.75) is 0 Å². The Kier molecular flexibility index (Phi) is 9.82. The van der Waals surface area contributed by atoms with E-state index in [1.165, 1.54) is 0 Å². The van der Waals surface area contributed by atoms with Crippen molar-refractivity contribution in [3.63, 3.8) is 0 Å². The van der Waals surface area contributed by atoms with Gasteiger partial charge in [-0.05, 0) is 0 Å². The molecular formula is C4H4AgCuN. The fourth-order valence-corrected chi connectivity index (χ4v) is 0.248. The predicted octanol–water partition coefficient (Wildman–Crippen LogP) is 0.639. The molecule has 0 aliphatic carbocycles. The summed E-state index contributed by atoms with van der Waals surface area (Å²) < 4.78 is 0. The van der Waals surface area contributed by atoms with Crippen LogP contribution < -0.4 is 4.98 Å². The van der Waals surface area contributed by atoms with Crippen molar-refractivity contribution in [1.29, 1.82) is 0 Å². The van der Waals surface area contributed by atoms with Gasteiger partial charge in [0, 0.05) is 22.4 Å². The van der Waals surface area contributed by atoms with Crippen LogP contribution in [-0.4, -0.2) is 0 Å². The molecule has 0 N–H and O–H groups in total. The van der Waals surface area contributed by atoms with Crippen LogP contribution in [0, 0.1) is 0 Å². The molecule has 1 heterocycles. The van der Waals surface area contributed by atoms with Crippen LogP contribution in [0.5, 0.6) is 0 Å². The summed E-state index contributed by atoms with van der Waals surface area (Å²) >= 11 is 0. The van der Waals surface area contributed by atoms with E-state index in [0.29, 0.717) is 0 Å². The second-order valence-electron chi connectivity index (χ2n) is 0.832. The summed E-state index contributed by atoms with van der Waals surface area (Å²) in [5, 5.41) is 0. The molecule has 0 fully saturated rings. The summed E-state index contributed by atoms with van der Waals surface area (Å²) in [5.74, 6) is 0. The molecule has 0 atom stereocenters. The Hall–Kier alpha value is 0.540. The second kappa shape index (κ2) is 6.54. The van der Waals surface area contributed by atoms with Crippen molar-refractivity contribution in [3.05, 3.63) is 24.5 Å². The zero-order valence-electron chi connectivity index (χ0n) is 3.36. The molecule has 1 rings (SSSR count). The van der Waals surface area contributed by atoms with Crippen molar-refractivity contribution in [3.8, 4) is 0 Å². The average Bonchev–Trinajstić information content (AvgIpc) is 1.76. The summed E-state index contributed by atoms with van der Waals surface area (Å²) in [6, 6.07) is 3.78. The molecule has 1 radical (unpaired) electrons. The number of aromatic nitrogens is 1. The van der Waals surface area contributed by atoms with Gasteiger partial charge in [-0.15, -0.1) is 0 Å². The van der Waals surface area contributed by atoms with Crippen LogP contribution in [0.1, 0.15) is 0 Å². The topological polar surface area (TPSA) is 14.1 Å². The smallest absolute Gasteiger partial charge is 0.670 e. The average molecular weight is 237 g/mol. The van der Waals surface area contributed by atoms with E-state index in [-0.39, 0.29) is 39.4 Å². The fraction of sp³-hybridized carbons (Fsp3) is 0. The van der Waals surface area contributed by atoms with E-state index in [2.05, 4.69) is 4.98 Å². The van der Waals surface area contributed by atoms with Crippen LogP contribution in [0.3, 0.4) is 0 Å². The molecule has 0 aliphatic heterocycles. The molecule has 0 unspecified atom stereocenters. The van der Waals surface area contributed by atoms with Crippen molar-refractivity contribution in [2.24, 2.45) is 0 Å². The van der Waals surface area contributed by atoms with Crippen molar-refractivity contribution in [1.82, 2.24) is 4.98 Å². The first-order valence-electron chi connectivity index (χ1n) is 1.52. The molecule has 1 aromatic rings. The van der Waals surface area contributed by atoms with Crippen LogP contribution in [0.2, 0.25) is 0 Å². The molecule has 0 aromatic carbocycles. The molecule has 0 saturated carbocycles. The summed E-state index contributed by atoms with van der Waals surface area (Å²) in [5.41, 5.74) is 0. The predicted molar refractivity (Wildman–Crippen MR) is 19.8 cm³/mol. The van der Waals surface area contributed by atoms with Crippen LogP contribution >= 0.6 is 0 Å². The summed E-state index contributed by atoms with van der Waals surface area (Å²) in [6.45, 7) is 0. The van der Waals surface area contributed by atoms with Crippen LogP contribution in [0.15, 0.2) is 24.5 Å². The third-order valence-corrected chi connectivity index (χ3v) is 0.455. The Bertz CT molecular complexity index is 68.2. The second-order valence-corrected chi connectivity index (χ2v) is 0.832. The molecule has 1 nitrogen and oxygen atoms in total. The van der Waals surface area contributed by atoms with Gasteiger partial charge in [0.25, 0.3) is 0 Å². The molecular weight excluding hydrogens is 233 g/mol. The van der Waals surface area contributed by atoms with E-state index >= 15 is 0 Å².